The molecule has 0 spiro atoms. The van der Waals surface area contributed by atoms with Gasteiger partial charge in [-0.1, -0.05) is 30.3 Å². The first kappa shape index (κ1) is 16.6. The van der Waals surface area contributed by atoms with E-state index in [9.17, 15) is 4.79 Å². The lowest BCUT2D eigenvalue weighted by Gasteiger charge is -2.32. The summed E-state index contributed by atoms with van der Waals surface area (Å²) in [6, 6.07) is 10.4. The predicted molar refractivity (Wildman–Crippen MR) is 104 cm³/mol. The largest absolute Gasteiger partial charge is 0.337 e. The molecule has 1 aromatic carbocycles. The first-order valence-electron chi connectivity index (χ1n) is 9.36. The van der Waals surface area contributed by atoms with E-state index in [4.69, 9.17) is 0 Å². The third-order valence-electron chi connectivity index (χ3n) is 5.43. The zero-order valence-electron chi connectivity index (χ0n) is 15.0. The van der Waals surface area contributed by atoms with E-state index in [-0.39, 0.29) is 5.91 Å². The van der Waals surface area contributed by atoms with Crippen LogP contribution >= 0.6 is 11.3 Å². The van der Waals surface area contributed by atoms with Gasteiger partial charge in [0.1, 0.15) is 10.7 Å². The number of piperidine rings is 1. The SMILES string of the molecule is O=C(c1csc(-c2ccccc2)n1)N1CCC(n2ncc3c2CNC3)CC1. The van der Waals surface area contributed by atoms with Gasteiger partial charge in [0.2, 0.25) is 0 Å². The fourth-order valence-corrected chi connectivity index (χ4v) is 4.76. The summed E-state index contributed by atoms with van der Waals surface area (Å²) in [5.41, 5.74) is 4.24. The van der Waals surface area contributed by atoms with E-state index >= 15 is 0 Å². The lowest BCUT2D eigenvalue weighted by molar-refractivity contribution is 0.0684. The number of nitrogens with zero attached hydrogens (tertiary/aromatic N) is 4. The monoisotopic (exact) mass is 379 g/mol. The van der Waals surface area contributed by atoms with Crippen molar-refractivity contribution in [3.05, 3.63) is 58.9 Å². The summed E-state index contributed by atoms with van der Waals surface area (Å²) in [5, 5.41) is 10.7. The van der Waals surface area contributed by atoms with Gasteiger partial charge in [-0.3, -0.25) is 9.48 Å². The Bertz CT molecular complexity index is 956. The topological polar surface area (TPSA) is 63.1 Å². The van der Waals surface area contributed by atoms with Gasteiger partial charge in [-0.05, 0) is 12.8 Å². The van der Waals surface area contributed by atoms with Crippen LogP contribution < -0.4 is 5.32 Å². The van der Waals surface area contributed by atoms with Crippen LogP contribution in [0.1, 0.15) is 40.6 Å². The highest BCUT2D eigenvalue weighted by Crippen LogP contribution is 2.28. The molecule has 1 saturated heterocycles. The van der Waals surface area contributed by atoms with Crippen LogP contribution in [-0.2, 0) is 13.1 Å². The van der Waals surface area contributed by atoms with Gasteiger partial charge in [-0.2, -0.15) is 5.10 Å². The number of hydrogen-bond acceptors (Lipinski definition) is 5. The average molecular weight is 379 g/mol. The molecular weight excluding hydrogens is 358 g/mol. The number of amides is 1. The van der Waals surface area contributed by atoms with Crippen molar-refractivity contribution in [2.24, 2.45) is 0 Å². The molecule has 1 amide bonds. The Morgan fingerprint density at radius 2 is 1.96 bits per heavy atom. The maximum atomic E-state index is 12.9. The molecule has 138 valence electrons. The van der Waals surface area contributed by atoms with Gasteiger partial charge in [0.05, 0.1) is 17.9 Å². The summed E-state index contributed by atoms with van der Waals surface area (Å²) in [6.07, 6.45) is 3.86. The molecule has 27 heavy (non-hydrogen) atoms. The van der Waals surface area contributed by atoms with Gasteiger partial charge >= 0.3 is 0 Å². The fourth-order valence-electron chi connectivity index (χ4n) is 3.96. The summed E-state index contributed by atoms with van der Waals surface area (Å²) < 4.78 is 2.17. The van der Waals surface area contributed by atoms with Crippen molar-refractivity contribution in [3.63, 3.8) is 0 Å². The highest BCUT2D eigenvalue weighted by Gasteiger charge is 2.28. The van der Waals surface area contributed by atoms with Crippen molar-refractivity contribution in [2.45, 2.75) is 32.0 Å². The van der Waals surface area contributed by atoms with Crippen molar-refractivity contribution in [1.82, 2.24) is 25.0 Å². The molecule has 7 heteroatoms. The molecule has 2 aliphatic rings. The summed E-state index contributed by atoms with van der Waals surface area (Å²) >= 11 is 1.53. The average Bonchev–Trinajstić information content (AvgIpc) is 3.45. The van der Waals surface area contributed by atoms with Crippen LogP contribution in [0.2, 0.25) is 0 Å². The maximum absolute atomic E-state index is 12.9. The van der Waals surface area contributed by atoms with Crippen LogP contribution in [0.3, 0.4) is 0 Å². The Morgan fingerprint density at radius 1 is 1.15 bits per heavy atom. The number of aromatic nitrogens is 3. The predicted octanol–water partition coefficient (Wildman–Crippen LogP) is 3.09. The normalized spacial score (nSPS) is 17.3. The highest BCUT2D eigenvalue weighted by molar-refractivity contribution is 7.13. The van der Waals surface area contributed by atoms with Gasteiger partial charge in [-0.15, -0.1) is 11.3 Å². The quantitative estimate of drug-likeness (QED) is 0.760. The van der Waals surface area contributed by atoms with Crippen LogP contribution in [0.4, 0.5) is 0 Å². The van der Waals surface area contributed by atoms with E-state index in [1.807, 2.05) is 46.8 Å². The molecule has 1 fully saturated rings. The number of hydrogen-bond donors (Lipinski definition) is 1. The number of likely N-dealkylation sites (tertiary alicyclic amines) is 1. The molecule has 3 aromatic rings. The number of nitrogens with one attached hydrogen (secondary N) is 1. The van der Waals surface area contributed by atoms with E-state index in [0.717, 1.165) is 49.6 Å². The van der Waals surface area contributed by atoms with Crippen molar-refractivity contribution in [3.8, 4) is 10.6 Å². The van der Waals surface area contributed by atoms with Crippen molar-refractivity contribution in [2.75, 3.05) is 13.1 Å². The number of benzene rings is 1. The summed E-state index contributed by atoms with van der Waals surface area (Å²) in [7, 11) is 0. The Morgan fingerprint density at radius 3 is 2.78 bits per heavy atom. The first-order chi connectivity index (χ1) is 13.3. The minimum absolute atomic E-state index is 0.0410. The third kappa shape index (κ3) is 3.07. The second kappa shape index (κ2) is 6.90. The molecular formula is C20H21N5OS. The summed E-state index contributed by atoms with van der Waals surface area (Å²) in [5.74, 6) is 0.0410. The number of carbonyl (C=O) groups is 1. The van der Waals surface area contributed by atoms with E-state index in [1.165, 1.54) is 22.6 Å². The Kier molecular flexibility index (Phi) is 4.26. The summed E-state index contributed by atoms with van der Waals surface area (Å²) in [6.45, 7) is 3.32. The molecule has 0 radical (unpaired) electrons. The molecule has 2 aromatic heterocycles. The molecule has 0 atom stereocenters. The van der Waals surface area contributed by atoms with E-state index < -0.39 is 0 Å². The molecule has 2 aliphatic heterocycles. The fraction of sp³-hybridized carbons (Fsp3) is 0.350. The molecule has 0 unspecified atom stereocenters. The van der Waals surface area contributed by atoms with Gasteiger partial charge in [-0.25, -0.2) is 4.98 Å². The number of rotatable bonds is 3. The van der Waals surface area contributed by atoms with Gasteiger partial charge < -0.3 is 10.2 Å². The van der Waals surface area contributed by atoms with Crippen molar-refractivity contribution in [1.29, 1.82) is 0 Å². The van der Waals surface area contributed by atoms with Crippen LogP contribution in [0.5, 0.6) is 0 Å². The van der Waals surface area contributed by atoms with Gasteiger partial charge in [0, 0.05) is 42.7 Å². The van der Waals surface area contributed by atoms with Crippen LogP contribution in [-0.4, -0.2) is 38.7 Å². The Hall–Kier alpha value is -2.51. The number of fused-ring (bicyclic) bond motifs is 1. The Balaban J connectivity index is 1.26. The lowest BCUT2D eigenvalue weighted by Crippen LogP contribution is -2.39. The maximum Gasteiger partial charge on any atom is 0.273 e. The molecule has 4 heterocycles. The van der Waals surface area contributed by atoms with Crippen LogP contribution in [0, 0.1) is 0 Å². The third-order valence-corrected chi connectivity index (χ3v) is 6.33. The van der Waals surface area contributed by atoms with Crippen molar-refractivity contribution >= 4 is 17.2 Å². The minimum Gasteiger partial charge on any atom is -0.337 e. The second-order valence-electron chi connectivity index (χ2n) is 7.09. The second-order valence-corrected chi connectivity index (χ2v) is 7.95. The molecule has 0 bridgehead atoms. The molecule has 1 N–H and O–H groups in total. The molecule has 0 saturated carbocycles. The van der Waals surface area contributed by atoms with Crippen LogP contribution in [0.25, 0.3) is 10.6 Å². The first-order valence-corrected chi connectivity index (χ1v) is 10.2. The lowest BCUT2D eigenvalue weighted by atomic mass is 10.0. The molecule has 5 rings (SSSR count). The van der Waals surface area contributed by atoms with E-state index in [1.54, 1.807) is 0 Å². The number of thiazole rings is 1. The number of carbonyl (C=O) groups excluding carboxylic acids is 1. The zero-order chi connectivity index (χ0) is 18.2. The smallest absolute Gasteiger partial charge is 0.273 e. The van der Waals surface area contributed by atoms with Gasteiger partial charge in [0.25, 0.3) is 5.91 Å². The Labute approximate surface area is 161 Å². The molecule has 0 aliphatic carbocycles. The highest BCUT2D eigenvalue weighted by atomic mass is 32.1. The summed E-state index contributed by atoms with van der Waals surface area (Å²) in [4.78, 5) is 19.4. The van der Waals surface area contributed by atoms with E-state index in [0.29, 0.717) is 11.7 Å². The minimum atomic E-state index is 0.0410. The zero-order valence-corrected chi connectivity index (χ0v) is 15.8. The van der Waals surface area contributed by atoms with Crippen molar-refractivity contribution < 1.29 is 4.79 Å². The van der Waals surface area contributed by atoms with E-state index in [2.05, 4.69) is 20.1 Å². The molecule has 6 nitrogen and oxygen atoms in total. The van der Waals surface area contributed by atoms with Crippen LogP contribution in [0.15, 0.2) is 41.9 Å². The van der Waals surface area contributed by atoms with Gasteiger partial charge in [0.15, 0.2) is 0 Å². The standard InChI is InChI=1S/C20H21N5OS/c26-20(17-13-27-19(23-17)14-4-2-1-3-5-14)24-8-6-16(7-9-24)25-18-12-21-10-15(18)11-22-25/h1-5,11,13,16,21H,6-10,12H2.